The van der Waals surface area contributed by atoms with Crippen LogP contribution in [0.15, 0.2) is 6.07 Å². The molecule has 0 spiro atoms. The predicted octanol–water partition coefficient (Wildman–Crippen LogP) is 1.39. The third-order valence-corrected chi connectivity index (χ3v) is 4.71. The number of ether oxygens (including phenoxy) is 1. The van der Waals surface area contributed by atoms with E-state index < -0.39 is 17.9 Å². The lowest BCUT2D eigenvalue weighted by Crippen LogP contribution is -2.51. The summed E-state index contributed by atoms with van der Waals surface area (Å²) in [6, 6.07) is 1.16. The first-order chi connectivity index (χ1) is 10.4. The Morgan fingerprint density at radius 3 is 2.68 bits per heavy atom. The summed E-state index contributed by atoms with van der Waals surface area (Å²) >= 11 is 1.51. The van der Waals surface area contributed by atoms with E-state index in [2.05, 4.69) is 0 Å². The minimum atomic E-state index is -0.593. The molecule has 0 bridgehead atoms. The van der Waals surface area contributed by atoms with Crippen molar-refractivity contribution >= 4 is 29.1 Å². The van der Waals surface area contributed by atoms with Gasteiger partial charge in [0.05, 0.1) is 5.56 Å². The summed E-state index contributed by atoms with van der Waals surface area (Å²) in [5, 5.41) is 0. The molecule has 7 heteroatoms. The highest BCUT2D eigenvalue weighted by Gasteiger charge is 2.31. The summed E-state index contributed by atoms with van der Waals surface area (Å²) in [7, 11) is 0. The van der Waals surface area contributed by atoms with Crippen LogP contribution in [0, 0.1) is 13.8 Å². The number of hydrogen-bond acceptors (Lipinski definition) is 5. The van der Waals surface area contributed by atoms with Gasteiger partial charge in [0, 0.05) is 16.3 Å². The fourth-order valence-electron chi connectivity index (χ4n) is 2.65. The van der Waals surface area contributed by atoms with E-state index in [1.165, 1.54) is 16.2 Å². The molecule has 2 rings (SSSR count). The van der Waals surface area contributed by atoms with Gasteiger partial charge in [0.25, 0.3) is 5.91 Å². The van der Waals surface area contributed by atoms with Crippen molar-refractivity contribution < 1.29 is 19.1 Å². The molecule has 1 aliphatic heterocycles. The van der Waals surface area contributed by atoms with Gasteiger partial charge in [0.2, 0.25) is 5.91 Å². The summed E-state index contributed by atoms with van der Waals surface area (Å²) in [6.07, 6.45) is 2.26. The van der Waals surface area contributed by atoms with Gasteiger partial charge in [-0.15, -0.1) is 11.3 Å². The number of hydrogen-bond donors (Lipinski definition) is 1. The van der Waals surface area contributed by atoms with Gasteiger partial charge >= 0.3 is 5.97 Å². The van der Waals surface area contributed by atoms with Crippen LogP contribution in [0.25, 0.3) is 0 Å². The molecule has 1 fully saturated rings. The molecule has 120 valence electrons. The molecule has 0 unspecified atom stereocenters. The molecule has 22 heavy (non-hydrogen) atoms. The number of piperidine rings is 1. The van der Waals surface area contributed by atoms with Gasteiger partial charge in [-0.1, -0.05) is 0 Å². The molecule has 0 aliphatic carbocycles. The minimum absolute atomic E-state index is 0.364. The maximum Gasteiger partial charge on any atom is 0.339 e. The highest BCUT2D eigenvalue weighted by Crippen LogP contribution is 2.21. The molecule has 6 nitrogen and oxygen atoms in total. The second-order valence-electron chi connectivity index (χ2n) is 5.40. The van der Waals surface area contributed by atoms with Gasteiger partial charge in [-0.2, -0.15) is 0 Å². The Labute approximate surface area is 133 Å². The SMILES string of the molecule is Cc1cc(C(=O)OCC(=O)N2CCCC[C@H]2C(N)=O)c(C)s1. The molecule has 1 saturated heterocycles. The van der Waals surface area contributed by atoms with Crippen LogP contribution in [0.2, 0.25) is 0 Å². The summed E-state index contributed by atoms with van der Waals surface area (Å²) in [5.41, 5.74) is 5.81. The van der Waals surface area contributed by atoms with Crippen LogP contribution in [-0.2, 0) is 14.3 Å². The number of likely N-dealkylation sites (tertiary alicyclic amines) is 1. The Hall–Kier alpha value is -1.89. The van der Waals surface area contributed by atoms with Crippen LogP contribution in [0.3, 0.4) is 0 Å². The van der Waals surface area contributed by atoms with E-state index >= 15 is 0 Å². The van der Waals surface area contributed by atoms with E-state index in [4.69, 9.17) is 10.5 Å². The van der Waals surface area contributed by atoms with E-state index in [0.29, 0.717) is 18.5 Å². The zero-order chi connectivity index (χ0) is 16.3. The number of carbonyl (C=O) groups excluding carboxylic acids is 3. The third-order valence-electron chi connectivity index (χ3n) is 3.74. The lowest BCUT2D eigenvalue weighted by atomic mass is 10.0. The van der Waals surface area contributed by atoms with Crippen LogP contribution in [-0.4, -0.2) is 41.9 Å². The molecular formula is C15H20N2O4S. The van der Waals surface area contributed by atoms with Gasteiger partial charge in [-0.3, -0.25) is 9.59 Å². The normalized spacial score (nSPS) is 18.1. The van der Waals surface area contributed by atoms with Crippen molar-refractivity contribution in [1.29, 1.82) is 0 Å². The van der Waals surface area contributed by atoms with Gasteiger partial charge < -0.3 is 15.4 Å². The van der Waals surface area contributed by atoms with E-state index in [9.17, 15) is 14.4 Å². The van der Waals surface area contributed by atoms with Gasteiger partial charge in [-0.05, 0) is 39.2 Å². The molecule has 0 aromatic carbocycles. The van der Waals surface area contributed by atoms with E-state index in [1.807, 2.05) is 13.8 Å². The quantitative estimate of drug-likeness (QED) is 0.848. The number of nitrogens with two attached hydrogens (primary N) is 1. The molecule has 2 N–H and O–H groups in total. The molecule has 2 heterocycles. The first-order valence-electron chi connectivity index (χ1n) is 7.23. The lowest BCUT2D eigenvalue weighted by Gasteiger charge is -2.33. The van der Waals surface area contributed by atoms with Crippen LogP contribution in [0.4, 0.5) is 0 Å². The first kappa shape index (κ1) is 16.5. The Kier molecular flexibility index (Phi) is 5.18. The van der Waals surface area contributed by atoms with Crippen LogP contribution in [0.1, 0.15) is 39.4 Å². The molecule has 1 aliphatic rings. The van der Waals surface area contributed by atoms with Crippen molar-refractivity contribution in [3.8, 4) is 0 Å². The average Bonchev–Trinajstić information content (AvgIpc) is 2.83. The van der Waals surface area contributed by atoms with Crippen LogP contribution < -0.4 is 5.73 Å². The van der Waals surface area contributed by atoms with Crippen molar-refractivity contribution in [2.24, 2.45) is 5.73 Å². The van der Waals surface area contributed by atoms with E-state index in [0.717, 1.165) is 22.6 Å². The summed E-state index contributed by atoms with van der Waals surface area (Å²) in [5.74, 6) is -1.40. The zero-order valence-corrected chi connectivity index (χ0v) is 13.6. The standard InChI is InChI=1S/C15H20N2O4S/c1-9-7-11(10(2)22-9)15(20)21-8-13(18)17-6-4-3-5-12(17)14(16)19/h7,12H,3-6,8H2,1-2H3,(H2,16,19)/t12-/m0/s1. The summed E-state index contributed by atoms with van der Waals surface area (Å²) in [6.45, 7) is 3.85. The maximum atomic E-state index is 12.2. The topological polar surface area (TPSA) is 89.7 Å². The molecular weight excluding hydrogens is 304 g/mol. The fourth-order valence-corrected chi connectivity index (χ4v) is 3.56. The summed E-state index contributed by atoms with van der Waals surface area (Å²) < 4.78 is 5.09. The van der Waals surface area contributed by atoms with Crippen molar-refractivity contribution in [2.45, 2.75) is 39.2 Å². The second kappa shape index (κ2) is 6.91. The monoisotopic (exact) mass is 324 g/mol. The van der Waals surface area contributed by atoms with Crippen molar-refractivity contribution in [3.05, 3.63) is 21.4 Å². The second-order valence-corrected chi connectivity index (χ2v) is 6.86. The van der Waals surface area contributed by atoms with Crippen molar-refractivity contribution in [3.63, 3.8) is 0 Å². The maximum absolute atomic E-state index is 12.2. The van der Waals surface area contributed by atoms with Gasteiger partial charge in [0.15, 0.2) is 6.61 Å². The predicted molar refractivity (Wildman–Crippen MR) is 82.6 cm³/mol. The van der Waals surface area contributed by atoms with Gasteiger partial charge in [-0.25, -0.2) is 4.79 Å². The van der Waals surface area contributed by atoms with Crippen LogP contribution >= 0.6 is 11.3 Å². The number of thiophene rings is 1. The average molecular weight is 324 g/mol. The summed E-state index contributed by atoms with van der Waals surface area (Å²) in [4.78, 5) is 38.9. The lowest BCUT2D eigenvalue weighted by molar-refractivity contribution is -0.143. The Morgan fingerprint density at radius 2 is 2.09 bits per heavy atom. The Balaban J connectivity index is 1.95. The first-order valence-corrected chi connectivity index (χ1v) is 8.04. The highest BCUT2D eigenvalue weighted by atomic mass is 32.1. The number of nitrogens with zero attached hydrogens (tertiary/aromatic N) is 1. The number of carbonyl (C=O) groups is 3. The van der Waals surface area contributed by atoms with E-state index in [1.54, 1.807) is 6.07 Å². The van der Waals surface area contributed by atoms with Crippen LogP contribution in [0.5, 0.6) is 0 Å². The molecule has 1 atom stereocenters. The molecule has 1 aromatic rings. The van der Waals surface area contributed by atoms with E-state index in [-0.39, 0.29) is 12.5 Å². The third kappa shape index (κ3) is 3.65. The molecule has 1 aromatic heterocycles. The molecule has 0 radical (unpaired) electrons. The number of primary amides is 1. The molecule has 2 amide bonds. The van der Waals surface area contributed by atoms with Crippen molar-refractivity contribution in [2.75, 3.05) is 13.2 Å². The number of amides is 2. The Morgan fingerprint density at radius 1 is 1.36 bits per heavy atom. The fraction of sp³-hybridized carbons (Fsp3) is 0.533. The van der Waals surface area contributed by atoms with Crippen molar-refractivity contribution in [1.82, 2.24) is 4.90 Å². The highest BCUT2D eigenvalue weighted by molar-refractivity contribution is 7.12. The smallest absolute Gasteiger partial charge is 0.339 e. The molecule has 0 saturated carbocycles. The largest absolute Gasteiger partial charge is 0.452 e. The minimum Gasteiger partial charge on any atom is -0.452 e. The number of esters is 1. The zero-order valence-electron chi connectivity index (χ0n) is 12.8. The number of aryl methyl sites for hydroxylation is 2. The Bertz CT molecular complexity index is 596. The number of rotatable bonds is 4. The van der Waals surface area contributed by atoms with Gasteiger partial charge in [0.1, 0.15) is 6.04 Å².